The molecule has 11 heteroatoms. The van der Waals surface area contributed by atoms with E-state index in [1.54, 1.807) is 0 Å². The Hall–Kier alpha value is -0.910. The van der Waals surface area contributed by atoms with Crippen LogP contribution in [0.25, 0.3) is 0 Å². The van der Waals surface area contributed by atoms with Crippen molar-refractivity contribution < 1.29 is 25.9 Å². The summed E-state index contributed by atoms with van der Waals surface area (Å²) in [5, 5.41) is 6.06. The van der Waals surface area contributed by atoms with E-state index in [1.807, 2.05) is 0 Å². The van der Waals surface area contributed by atoms with E-state index in [0.29, 0.717) is 12.5 Å². The fraction of sp³-hybridized carbons (Fsp3) is 0.667. The lowest BCUT2D eigenvalue weighted by Crippen LogP contribution is -2.20. The van der Waals surface area contributed by atoms with Gasteiger partial charge in [-0.15, -0.1) is 0 Å². The minimum Gasteiger partial charge on any atom is -0.370 e. The quantitative estimate of drug-likeness (QED) is 0.183. The predicted molar refractivity (Wildman–Crippen MR) is 51.0 cm³/mol. The number of hydrogen-bond donors (Lipinski definition) is 5. The molecule has 0 aromatic heterocycles. The van der Waals surface area contributed by atoms with Gasteiger partial charge in [-0.05, 0) is 0 Å². The standard InChI is InChI=1S/CH5N3.2CH4O3S/c2-1(3)4;2*1-5(2,3)4/h(H5,2,3,4);2*1H3,(H,2,3,4). The maximum atomic E-state index is 9.19. The number of guanidine groups is 1. The summed E-state index contributed by atoms with van der Waals surface area (Å²) in [5.41, 5.74) is 8.94. The molecule has 0 spiro atoms. The molecule has 7 N–H and O–H groups in total. The zero-order valence-electron chi connectivity index (χ0n) is 7.50. The molecule has 88 valence electrons. The Labute approximate surface area is 82.1 Å². The molecule has 0 unspecified atom stereocenters. The highest BCUT2D eigenvalue weighted by Crippen LogP contribution is 1.60. The van der Waals surface area contributed by atoms with Crippen LogP contribution in [-0.4, -0.2) is 44.4 Å². The van der Waals surface area contributed by atoms with Crippen molar-refractivity contribution in [3.63, 3.8) is 0 Å². The van der Waals surface area contributed by atoms with Gasteiger partial charge < -0.3 is 11.5 Å². The van der Waals surface area contributed by atoms with Crippen LogP contribution >= 0.6 is 0 Å². The summed E-state index contributed by atoms with van der Waals surface area (Å²) in [5.74, 6) is -0.333. The Kier molecular flexibility index (Phi) is 10.1. The summed E-state index contributed by atoms with van der Waals surface area (Å²) in [6, 6.07) is 0. The number of nitrogens with two attached hydrogens (primary N) is 2. The highest BCUT2D eigenvalue weighted by atomic mass is 32.2. The van der Waals surface area contributed by atoms with Crippen molar-refractivity contribution in [2.45, 2.75) is 0 Å². The topological polar surface area (TPSA) is 185 Å². The van der Waals surface area contributed by atoms with Crippen molar-refractivity contribution >= 4 is 26.2 Å². The first-order chi connectivity index (χ1) is 5.73. The Bertz CT molecular complexity index is 293. The second kappa shape index (κ2) is 7.49. The Morgan fingerprint density at radius 2 is 1.00 bits per heavy atom. The normalized spacial score (nSPS) is 10.0. The molecule has 0 fully saturated rings. The second-order valence-electron chi connectivity index (χ2n) is 1.92. The monoisotopic (exact) mass is 251 g/mol. The lowest BCUT2D eigenvalue weighted by atomic mass is 11.1. The first-order valence-corrected chi connectivity index (χ1v) is 6.37. The van der Waals surface area contributed by atoms with Crippen molar-refractivity contribution in [1.29, 1.82) is 5.41 Å². The minimum atomic E-state index is -3.67. The lowest BCUT2D eigenvalue weighted by Gasteiger charge is -1.69. The predicted octanol–water partition coefficient (Wildman–Crippen LogP) is -2.15. The molecule has 0 heterocycles. The molecule has 0 radical (unpaired) electrons. The van der Waals surface area contributed by atoms with Gasteiger partial charge in [0.1, 0.15) is 0 Å². The minimum absolute atomic E-state index is 0.333. The smallest absolute Gasteiger partial charge is 0.261 e. The maximum Gasteiger partial charge on any atom is 0.261 e. The average Bonchev–Trinajstić information content (AvgIpc) is 1.45. The van der Waals surface area contributed by atoms with Crippen molar-refractivity contribution in [3.8, 4) is 0 Å². The third-order valence-corrected chi connectivity index (χ3v) is 0. The van der Waals surface area contributed by atoms with Gasteiger partial charge in [0.05, 0.1) is 12.5 Å². The van der Waals surface area contributed by atoms with Gasteiger partial charge in [0, 0.05) is 0 Å². The largest absolute Gasteiger partial charge is 0.370 e. The van der Waals surface area contributed by atoms with E-state index in [9.17, 15) is 16.8 Å². The van der Waals surface area contributed by atoms with E-state index in [-0.39, 0.29) is 5.96 Å². The van der Waals surface area contributed by atoms with E-state index >= 15 is 0 Å². The van der Waals surface area contributed by atoms with Gasteiger partial charge in [0.15, 0.2) is 5.96 Å². The van der Waals surface area contributed by atoms with Crippen LogP contribution < -0.4 is 11.5 Å². The molecule has 0 amide bonds. The molecule has 0 aromatic carbocycles. The van der Waals surface area contributed by atoms with E-state index in [1.165, 1.54) is 0 Å². The average molecular weight is 251 g/mol. The number of hydrogen-bond acceptors (Lipinski definition) is 5. The van der Waals surface area contributed by atoms with Crippen LogP contribution in [0.2, 0.25) is 0 Å². The first-order valence-electron chi connectivity index (χ1n) is 2.68. The maximum absolute atomic E-state index is 9.19. The van der Waals surface area contributed by atoms with E-state index in [2.05, 4.69) is 11.5 Å². The van der Waals surface area contributed by atoms with Crippen molar-refractivity contribution in [2.75, 3.05) is 12.5 Å². The van der Waals surface area contributed by atoms with Gasteiger partial charge >= 0.3 is 0 Å². The highest BCUT2D eigenvalue weighted by Gasteiger charge is 1.81. The molecule has 9 nitrogen and oxygen atoms in total. The molecule has 0 aliphatic rings. The van der Waals surface area contributed by atoms with E-state index in [4.69, 9.17) is 14.5 Å². The molecular formula is C3H13N3O6S2. The Balaban J connectivity index is -0.000000131. The van der Waals surface area contributed by atoms with E-state index < -0.39 is 20.2 Å². The molecule has 0 aromatic rings. The van der Waals surface area contributed by atoms with Gasteiger partial charge in [-0.1, -0.05) is 0 Å². The Morgan fingerprint density at radius 1 is 1.00 bits per heavy atom. The second-order valence-corrected chi connectivity index (χ2v) is 4.85. The number of rotatable bonds is 0. The first kappa shape index (κ1) is 18.8. The molecule has 0 bridgehead atoms. The summed E-state index contributed by atoms with van der Waals surface area (Å²) in [6.07, 6.45) is 1.43. The van der Waals surface area contributed by atoms with Crippen molar-refractivity contribution in [1.82, 2.24) is 0 Å². The van der Waals surface area contributed by atoms with Crippen LogP contribution in [0.3, 0.4) is 0 Å². The van der Waals surface area contributed by atoms with Crippen LogP contribution in [0.1, 0.15) is 0 Å². The van der Waals surface area contributed by atoms with Gasteiger partial charge in [-0.25, -0.2) is 0 Å². The molecule has 0 aliphatic carbocycles. The number of nitrogens with one attached hydrogen (secondary N) is 1. The van der Waals surface area contributed by atoms with Gasteiger partial charge in [-0.2, -0.15) is 16.8 Å². The van der Waals surface area contributed by atoms with Crippen molar-refractivity contribution in [3.05, 3.63) is 0 Å². The van der Waals surface area contributed by atoms with Gasteiger partial charge in [0.25, 0.3) is 20.2 Å². The zero-order valence-corrected chi connectivity index (χ0v) is 9.13. The van der Waals surface area contributed by atoms with Crippen LogP contribution in [0.4, 0.5) is 0 Å². The molecule has 0 aliphatic heterocycles. The summed E-state index contributed by atoms with van der Waals surface area (Å²) in [4.78, 5) is 0. The van der Waals surface area contributed by atoms with Crippen LogP contribution in [0.5, 0.6) is 0 Å². The molecule has 0 saturated carbocycles. The fourth-order valence-corrected chi connectivity index (χ4v) is 0. The summed E-state index contributed by atoms with van der Waals surface area (Å²) < 4.78 is 51.7. The molecular weight excluding hydrogens is 238 g/mol. The SMILES string of the molecule is CS(=O)(=O)O.CS(=O)(=O)O.N=C(N)N. The zero-order chi connectivity index (χ0) is 12.6. The van der Waals surface area contributed by atoms with Gasteiger partial charge in [-0.3, -0.25) is 14.5 Å². The molecule has 0 saturated heterocycles. The molecule has 14 heavy (non-hydrogen) atoms. The van der Waals surface area contributed by atoms with Crippen LogP contribution in [-0.2, 0) is 20.2 Å². The summed E-state index contributed by atoms with van der Waals surface area (Å²) in [7, 11) is -7.33. The fourth-order valence-electron chi connectivity index (χ4n) is 0. The molecule has 0 atom stereocenters. The van der Waals surface area contributed by atoms with Crippen LogP contribution in [0.15, 0.2) is 0 Å². The third-order valence-electron chi connectivity index (χ3n) is 0. The van der Waals surface area contributed by atoms with Crippen molar-refractivity contribution in [2.24, 2.45) is 11.5 Å². The van der Waals surface area contributed by atoms with Gasteiger partial charge in [0.2, 0.25) is 0 Å². The lowest BCUT2D eigenvalue weighted by molar-refractivity contribution is 0.488. The Morgan fingerprint density at radius 3 is 1.00 bits per heavy atom. The molecule has 0 rings (SSSR count). The highest BCUT2D eigenvalue weighted by molar-refractivity contribution is 7.85. The third kappa shape index (κ3) is 1360. The van der Waals surface area contributed by atoms with E-state index in [0.717, 1.165) is 0 Å². The summed E-state index contributed by atoms with van der Waals surface area (Å²) in [6.45, 7) is 0. The van der Waals surface area contributed by atoms with Crippen LogP contribution in [0, 0.1) is 5.41 Å². The summed E-state index contributed by atoms with van der Waals surface area (Å²) >= 11 is 0.